The third-order valence-electron chi connectivity index (χ3n) is 6.24. The minimum Gasteiger partial charge on any atom is -0.338 e. The second kappa shape index (κ2) is 7.74. The molecule has 2 fully saturated rings. The van der Waals surface area contributed by atoms with E-state index in [9.17, 15) is 4.79 Å². The van der Waals surface area contributed by atoms with Gasteiger partial charge in [-0.05, 0) is 63.9 Å². The Morgan fingerprint density at radius 3 is 2.59 bits per heavy atom. The maximum absolute atomic E-state index is 13.2. The quantitative estimate of drug-likeness (QED) is 0.604. The van der Waals surface area contributed by atoms with Crippen LogP contribution in [0.5, 0.6) is 0 Å². The number of carbonyl (C=O) groups is 1. The van der Waals surface area contributed by atoms with Crippen LogP contribution in [-0.4, -0.2) is 57.7 Å². The molecule has 1 amide bonds. The van der Waals surface area contributed by atoms with Gasteiger partial charge in [-0.2, -0.15) is 5.10 Å². The Hall–Kier alpha value is -1.89. The largest absolute Gasteiger partial charge is 0.338 e. The fraction of sp³-hybridized carbons (Fsp3) is 0.455. The van der Waals surface area contributed by atoms with Crippen molar-refractivity contribution in [1.82, 2.24) is 19.6 Å². The van der Waals surface area contributed by atoms with E-state index in [0.29, 0.717) is 11.1 Å². The number of benzene rings is 1. The molecule has 0 spiro atoms. The Balaban J connectivity index is 1.38. The number of hydrogen-bond acceptors (Lipinski definition) is 4. The van der Waals surface area contributed by atoms with Crippen LogP contribution in [0.4, 0.5) is 0 Å². The molecule has 0 atom stereocenters. The highest BCUT2D eigenvalue weighted by Gasteiger charge is 2.29. The minimum absolute atomic E-state index is 0.149. The van der Waals surface area contributed by atoms with Crippen LogP contribution in [0.25, 0.3) is 15.9 Å². The molecule has 29 heavy (non-hydrogen) atoms. The first-order valence-electron chi connectivity index (χ1n) is 10.4. The van der Waals surface area contributed by atoms with Crippen LogP contribution in [0.2, 0.25) is 5.02 Å². The van der Waals surface area contributed by atoms with Gasteiger partial charge in [-0.25, -0.2) is 4.68 Å². The number of halogens is 1. The molecular weight excluding hydrogens is 404 g/mol. The molecule has 2 aliphatic heterocycles. The van der Waals surface area contributed by atoms with Crippen molar-refractivity contribution in [3.63, 3.8) is 0 Å². The Labute approximate surface area is 179 Å². The molecule has 5 nitrogen and oxygen atoms in total. The fourth-order valence-corrected chi connectivity index (χ4v) is 6.00. The van der Waals surface area contributed by atoms with Gasteiger partial charge in [0.15, 0.2) is 0 Å². The second-order valence-electron chi connectivity index (χ2n) is 8.04. The highest BCUT2D eigenvalue weighted by atomic mass is 35.5. The van der Waals surface area contributed by atoms with Gasteiger partial charge in [-0.3, -0.25) is 4.79 Å². The van der Waals surface area contributed by atoms with Crippen molar-refractivity contribution in [1.29, 1.82) is 0 Å². The van der Waals surface area contributed by atoms with Gasteiger partial charge < -0.3 is 9.80 Å². The summed E-state index contributed by atoms with van der Waals surface area (Å²) >= 11 is 7.91. The van der Waals surface area contributed by atoms with E-state index < -0.39 is 0 Å². The Morgan fingerprint density at radius 2 is 1.86 bits per heavy atom. The Bertz CT molecular complexity index is 1040. The molecule has 7 heteroatoms. The van der Waals surface area contributed by atoms with E-state index in [1.54, 1.807) is 0 Å². The van der Waals surface area contributed by atoms with Crippen LogP contribution >= 0.6 is 22.9 Å². The maximum atomic E-state index is 13.2. The molecule has 2 aromatic heterocycles. The number of aromatic nitrogens is 2. The Kier molecular flexibility index (Phi) is 5.10. The molecule has 0 bridgehead atoms. The molecule has 3 aromatic rings. The molecule has 152 valence electrons. The van der Waals surface area contributed by atoms with E-state index in [-0.39, 0.29) is 5.91 Å². The molecule has 4 heterocycles. The lowest BCUT2D eigenvalue weighted by Crippen LogP contribution is -2.45. The van der Waals surface area contributed by atoms with Crippen molar-refractivity contribution >= 4 is 39.1 Å². The van der Waals surface area contributed by atoms with Crippen LogP contribution in [0.15, 0.2) is 30.3 Å². The predicted octanol–water partition coefficient (Wildman–Crippen LogP) is 4.75. The first kappa shape index (κ1) is 19.1. The van der Waals surface area contributed by atoms with Crippen molar-refractivity contribution in [2.45, 2.75) is 38.6 Å². The summed E-state index contributed by atoms with van der Waals surface area (Å²) in [6.45, 7) is 6.14. The maximum Gasteiger partial charge on any atom is 0.264 e. The highest BCUT2D eigenvalue weighted by molar-refractivity contribution is 7.20. The number of nitrogens with zero attached hydrogens (tertiary/aromatic N) is 4. The van der Waals surface area contributed by atoms with Crippen molar-refractivity contribution in [2.75, 3.05) is 26.2 Å². The van der Waals surface area contributed by atoms with Gasteiger partial charge in [0.2, 0.25) is 0 Å². The van der Waals surface area contributed by atoms with Crippen LogP contribution in [0, 0.1) is 6.92 Å². The Morgan fingerprint density at radius 1 is 1.14 bits per heavy atom. The third kappa shape index (κ3) is 3.47. The first-order chi connectivity index (χ1) is 14.1. The van der Waals surface area contributed by atoms with Crippen molar-refractivity contribution in [3.8, 4) is 5.69 Å². The first-order valence-corrected chi connectivity index (χ1v) is 11.6. The number of hydrogen-bond donors (Lipinski definition) is 0. The van der Waals surface area contributed by atoms with Crippen LogP contribution < -0.4 is 0 Å². The van der Waals surface area contributed by atoms with E-state index in [2.05, 4.69) is 10.00 Å². The number of carbonyl (C=O) groups excluding carboxylic acids is 1. The lowest BCUT2D eigenvalue weighted by Gasteiger charge is -2.36. The average molecular weight is 429 g/mol. The molecule has 1 aromatic carbocycles. The second-order valence-corrected chi connectivity index (χ2v) is 9.48. The molecule has 2 aliphatic rings. The van der Waals surface area contributed by atoms with Gasteiger partial charge in [-0.15, -0.1) is 11.3 Å². The number of para-hydroxylation sites is 1. The zero-order chi connectivity index (χ0) is 20.0. The molecular formula is C22H25ClN4OS. The summed E-state index contributed by atoms with van der Waals surface area (Å²) in [6, 6.07) is 10.3. The molecule has 2 saturated heterocycles. The van der Waals surface area contributed by atoms with E-state index >= 15 is 0 Å². The molecule has 0 N–H and O–H groups in total. The van der Waals surface area contributed by atoms with E-state index in [1.165, 1.54) is 37.3 Å². The van der Waals surface area contributed by atoms with Crippen LogP contribution in [0.3, 0.4) is 0 Å². The lowest BCUT2D eigenvalue weighted by molar-refractivity contribution is 0.0649. The van der Waals surface area contributed by atoms with Crippen molar-refractivity contribution in [3.05, 3.63) is 45.9 Å². The van der Waals surface area contributed by atoms with Crippen LogP contribution in [-0.2, 0) is 0 Å². The predicted molar refractivity (Wildman–Crippen MR) is 118 cm³/mol. The van der Waals surface area contributed by atoms with E-state index in [4.69, 9.17) is 11.6 Å². The minimum atomic E-state index is 0.149. The number of rotatable bonds is 3. The molecule has 0 aliphatic carbocycles. The molecule has 0 saturated carbocycles. The van der Waals surface area contributed by atoms with E-state index in [0.717, 1.165) is 52.4 Å². The van der Waals surface area contributed by atoms with Crippen LogP contribution in [0.1, 0.15) is 41.0 Å². The monoisotopic (exact) mass is 428 g/mol. The molecule has 0 unspecified atom stereocenters. The number of fused-ring (bicyclic) bond motifs is 1. The van der Waals surface area contributed by atoms with Gasteiger partial charge in [0, 0.05) is 24.5 Å². The smallest absolute Gasteiger partial charge is 0.264 e. The SMILES string of the molecule is Cc1nn(-c2ccccc2Cl)c2sc(C(=O)N3CCC(N4CCCC4)CC3)cc12. The summed E-state index contributed by atoms with van der Waals surface area (Å²) in [5.41, 5.74) is 1.77. The third-order valence-corrected chi connectivity index (χ3v) is 7.66. The summed E-state index contributed by atoms with van der Waals surface area (Å²) in [5, 5.41) is 6.35. The summed E-state index contributed by atoms with van der Waals surface area (Å²) in [4.78, 5) is 19.6. The number of aryl methyl sites for hydroxylation is 1. The van der Waals surface area contributed by atoms with Gasteiger partial charge in [0.05, 0.1) is 21.3 Å². The lowest BCUT2D eigenvalue weighted by atomic mass is 10.0. The van der Waals surface area contributed by atoms with Gasteiger partial charge in [0.1, 0.15) is 4.83 Å². The topological polar surface area (TPSA) is 41.4 Å². The molecule has 5 rings (SSSR count). The van der Waals surface area contributed by atoms with Gasteiger partial charge in [0.25, 0.3) is 5.91 Å². The molecule has 0 radical (unpaired) electrons. The summed E-state index contributed by atoms with van der Waals surface area (Å²) in [7, 11) is 0. The number of piperidine rings is 1. The summed E-state index contributed by atoms with van der Waals surface area (Å²) in [6.07, 6.45) is 4.82. The van der Waals surface area contributed by atoms with Crippen molar-refractivity contribution in [2.24, 2.45) is 0 Å². The number of amides is 1. The van der Waals surface area contributed by atoms with E-state index in [1.807, 2.05) is 46.8 Å². The number of likely N-dealkylation sites (tertiary alicyclic amines) is 2. The average Bonchev–Trinajstić information content (AvgIpc) is 3.47. The summed E-state index contributed by atoms with van der Waals surface area (Å²) in [5.74, 6) is 0.149. The number of thiophene rings is 1. The van der Waals surface area contributed by atoms with Gasteiger partial charge in [-0.1, -0.05) is 23.7 Å². The fourth-order valence-electron chi connectivity index (χ4n) is 4.64. The zero-order valence-corrected chi connectivity index (χ0v) is 18.2. The zero-order valence-electron chi connectivity index (χ0n) is 16.6. The summed E-state index contributed by atoms with van der Waals surface area (Å²) < 4.78 is 1.87. The normalized spacial score (nSPS) is 18.8. The standard InChI is InChI=1S/C22H25ClN4OS/c1-15-17-14-20(29-22(17)27(24-15)19-7-3-2-6-18(19)23)21(28)26-12-8-16(9-13-26)25-10-4-5-11-25/h2-3,6-7,14,16H,4-5,8-13H2,1H3. The highest BCUT2D eigenvalue weighted by Crippen LogP contribution is 2.33. The van der Waals surface area contributed by atoms with Crippen molar-refractivity contribution < 1.29 is 4.79 Å². The van der Waals surface area contributed by atoms with Gasteiger partial charge >= 0.3 is 0 Å².